The quantitative estimate of drug-likeness (QED) is 0.421. The minimum absolute atomic E-state index is 0.434. The van der Waals surface area contributed by atoms with Crippen LogP contribution in [-0.4, -0.2) is 5.97 Å². The van der Waals surface area contributed by atoms with Crippen LogP contribution >= 0.6 is 0 Å². The van der Waals surface area contributed by atoms with E-state index in [1.807, 2.05) is 6.07 Å². The molecule has 0 aromatic heterocycles. The van der Waals surface area contributed by atoms with Gasteiger partial charge in [-0.25, -0.2) is 4.79 Å². The molecular weight excluding hydrogens is 188 g/mol. The predicted octanol–water partition coefficient (Wildman–Crippen LogP) is 3.44. The zero-order valence-corrected chi connectivity index (χ0v) is 9.57. The highest BCUT2D eigenvalue weighted by molar-refractivity contribution is 5.83. The maximum Gasteiger partial charge on any atom is 0.335 e. The largest absolute Gasteiger partial charge is 0.423 e. The van der Waals surface area contributed by atoms with E-state index in [4.69, 9.17) is 4.74 Å². The SMILES string of the molecule is C=CC(=O)Oc1ccccc1.CC(C)C. The van der Waals surface area contributed by atoms with Gasteiger partial charge in [0.15, 0.2) is 0 Å². The standard InChI is InChI=1S/C9H8O2.C4H10/c1-2-9(10)11-8-6-4-3-5-7-8;1-4(2)3/h2-7H,1H2;4H,1-3H3. The molecule has 0 saturated carbocycles. The molecule has 0 atom stereocenters. The molecule has 15 heavy (non-hydrogen) atoms. The lowest BCUT2D eigenvalue weighted by Crippen LogP contribution is -2.02. The lowest BCUT2D eigenvalue weighted by molar-refractivity contribution is -0.128. The van der Waals surface area contributed by atoms with Crippen molar-refractivity contribution in [3.63, 3.8) is 0 Å². The number of benzene rings is 1. The number of para-hydroxylation sites is 1. The normalized spacial score (nSPS) is 8.80. The van der Waals surface area contributed by atoms with Gasteiger partial charge in [0.05, 0.1) is 0 Å². The Hall–Kier alpha value is -1.57. The average Bonchev–Trinajstić information content (AvgIpc) is 2.18. The average molecular weight is 206 g/mol. The second kappa shape index (κ2) is 7.80. The maximum absolute atomic E-state index is 10.6. The Labute approximate surface area is 91.6 Å². The van der Waals surface area contributed by atoms with Crippen molar-refractivity contribution >= 4 is 5.97 Å². The molecule has 0 amide bonds. The van der Waals surface area contributed by atoms with Gasteiger partial charge in [0.1, 0.15) is 5.75 Å². The molecule has 2 nitrogen and oxygen atoms in total. The van der Waals surface area contributed by atoms with Crippen molar-refractivity contribution in [2.45, 2.75) is 20.8 Å². The molecule has 0 aliphatic heterocycles. The summed E-state index contributed by atoms with van der Waals surface area (Å²) in [4.78, 5) is 10.6. The Morgan fingerprint density at radius 2 is 1.73 bits per heavy atom. The van der Waals surface area contributed by atoms with Crippen LogP contribution in [0, 0.1) is 5.92 Å². The first-order valence-corrected chi connectivity index (χ1v) is 4.95. The topological polar surface area (TPSA) is 26.3 Å². The third-order valence-electron chi connectivity index (χ3n) is 1.13. The van der Waals surface area contributed by atoms with E-state index in [9.17, 15) is 4.79 Å². The molecule has 0 spiro atoms. The summed E-state index contributed by atoms with van der Waals surface area (Å²) < 4.78 is 4.81. The maximum atomic E-state index is 10.6. The van der Waals surface area contributed by atoms with Gasteiger partial charge < -0.3 is 4.74 Å². The number of carbonyl (C=O) groups excluding carboxylic acids is 1. The van der Waals surface area contributed by atoms with E-state index in [2.05, 4.69) is 27.4 Å². The lowest BCUT2D eigenvalue weighted by atomic mass is 10.3. The molecule has 0 radical (unpaired) electrons. The molecule has 0 saturated heterocycles. The highest BCUT2D eigenvalue weighted by atomic mass is 16.5. The molecule has 1 aromatic carbocycles. The lowest BCUT2D eigenvalue weighted by Gasteiger charge is -1.98. The number of carbonyl (C=O) groups is 1. The molecule has 0 aliphatic rings. The van der Waals surface area contributed by atoms with Crippen LogP contribution in [0.1, 0.15) is 20.8 Å². The molecule has 0 aliphatic carbocycles. The van der Waals surface area contributed by atoms with Gasteiger partial charge in [-0.1, -0.05) is 45.5 Å². The van der Waals surface area contributed by atoms with Crippen molar-refractivity contribution in [1.82, 2.24) is 0 Å². The van der Waals surface area contributed by atoms with Crippen LogP contribution in [0.25, 0.3) is 0 Å². The molecule has 82 valence electrons. The first-order valence-electron chi connectivity index (χ1n) is 4.95. The Balaban J connectivity index is 0.000000423. The van der Waals surface area contributed by atoms with E-state index in [0.717, 1.165) is 12.0 Å². The molecule has 1 aromatic rings. The van der Waals surface area contributed by atoms with Crippen molar-refractivity contribution in [2.24, 2.45) is 5.92 Å². The van der Waals surface area contributed by atoms with Crippen LogP contribution in [0.15, 0.2) is 43.0 Å². The van der Waals surface area contributed by atoms with Crippen LogP contribution in [0.5, 0.6) is 5.75 Å². The monoisotopic (exact) mass is 206 g/mol. The van der Waals surface area contributed by atoms with Gasteiger partial charge >= 0.3 is 5.97 Å². The Morgan fingerprint density at radius 3 is 2.13 bits per heavy atom. The number of hydrogen-bond acceptors (Lipinski definition) is 2. The Bertz CT molecular complexity index is 286. The molecule has 0 fully saturated rings. The van der Waals surface area contributed by atoms with E-state index in [-0.39, 0.29) is 0 Å². The fraction of sp³-hybridized carbons (Fsp3) is 0.308. The smallest absolute Gasteiger partial charge is 0.335 e. The van der Waals surface area contributed by atoms with Gasteiger partial charge in [0, 0.05) is 6.08 Å². The summed E-state index contributed by atoms with van der Waals surface area (Å²) in [5, 5.41) is 0. The van der Waals surface area contributed by atoms with Crippen molar-refractivity contribution in [3.05, 3.63) is 43.0 Å². The fourth-order valence-corrected chi connectivity index (χ4v) is 0.646. The molecule has 0 N–H and O–H groups in total. The second-order valence-electron chi connectivity index (χ2n) is 3.67. The van der Waals surface area contributed by atoms with Crippen LogP contribution in [0.4, 0.5) is 0 Å². The van der Waals surface area contributed by atoms with Crippen LogP contribution in [-0.2, 0) is 4.79 Å². The molecule has 0 unspecified atom stereocenters. The number of esters is 1. The van der Waals surface area contributed by atoms with Gasteiger partial charge in [0.25, 0.3) is 0 Å². The van der Waals surface area contributed by atoms with E-state index in [1.165, 1.54) is 0 Å². The van der Waals surface area contributed by atoms with Crippen LogP contribution in [0.3, 0.4) is 0 Å². The van der Waals surface area contributed by atoms with Crippen molar-refractivity contribution in [3.8, 4) is 5.75 Å². The first-order chi connectivity index (χ1) is 7.06. The third kappa shape index (κ3) is 8.75. The molecule has 0 bridgehead atoms. The number of rotatable bonds is 2. The van der Waals surface area contributed by atoms with Gasteiger partial charge in [-0.2, -0.15) is 0 Å². The Morgan fingerprint density at radius 1 is 1.27 bits per heavy atom. The summed E-state index contributed by atoms with van der Waals surface area (Å²) >= 11 is 0. The summed E-state index contributed by atoms with van der Waals surface area (Å²) in [7, 11) is 0. The second-order valence-corrected chi connectivity index (χ2v) is 3.67. The van der Waals surface area contributed by atoms with Gasteiger partial charge in [-0.15, -0.1) is 0 Å². The molecule has 0 heterocycles. The van der Waals surface area contributed by atoms with E-state index >= 15 is 0 Å². The zero-order valence-electron chi connectivity index (χ0n) is 9.57. The number of ether oxygens (including phenoxy) is 1. The van der Waals surface area contributed by atoms with Crippen molar-refractivity contribution in [1.29, 1.82) is 0 Å². The van der Waals surface area contributed by atoms with Gasteiger partial charge in [-0.05, 0) is 18.1 Å². The van der Waals surface area contributed by atoms with E-state index < -0.39 is 5.97 Å². The van der Waals surface area contributed by atoms with Crippen LogP contribution in [0.2, 0.25) is 0 Å². The number of hydrogen-bond donors (Lipinski definition) is 0. The van der Waals surface area contributed by atoms with Crippen molar-refractivity contribution < 1.29 is 9.53 Å². The predicted molar refractivity (Wildman–Crippen MR) is 62.8 cm³/mol. The van der Waals surface area contributed by atoms with Crippen LogP contribution < -0.4 is 4.74 Å². The summed E-state index contributed by atoms with van der Waals surface area (Å²) in [6.45, 7) is 9.78. The highest BCUT2D eigenvalue weighted by Crippen LogP contribution is 2.07. The van der Waals surface area contributed by atoms with E-state index in [1.54, 1.807) is 24.3 Å². The summed E-state index contributed by atoms with van der Waals surface area (Å²) in [5.74, 6) is 0.939. The summed E-state index contributed by atoms with van der Waals surface area (Å²) in [6.07, 6.45) is 1.13. The van der Waals surface area contributed by atoms with Crippen molar-refractivity contribution in [2.75, 3.05) is 0 Å². The third-order valence-corrected chi connectivity index (χ3v) is 1.13. The summed E-state index contributed by atoms with van der Waals surface area (Å²) in [6, 6.07) is 8.87. The zero-order chi connectivity index (χ0) is 11.7. The first kappa shape index (κ1) is 13.4. The molecule has 1 rings (SSSR count). The highest BCUT2D eigenvalue weighted by Gasteiger charge is 1.95. The fourth-order valence-electron chi connectivity index (χ4n) is 0.646. The minimum atomic E-state index is -0.434. The molecular formula is C13H18O2. The minimum Gasteiger partial charge on any atom is -0.423 e. The Kier molecular flexibility index (Phi) is 6.98. The summed E-state index contributed by atoms with van der Waals surface area (Å²) in [5.41, 5.74) is 0. The van der Waals surface area contributed by atoms with Gasteiger partial charge in [-0.3, -0.25) is 0 Å². The van der Waals surface area contributed by atoms with E-state index in [0.29, 0.717) is 5.75 Å². The molecule has 2 heteroatoms. The van der Waals surface area contributed by atoms with Gasteiger partial charge in [0.2, 0.25) is 0 Å².